The molecule has 2 rings (SSSR count). The molecular weight excluding hydrogens is 346 g/mol. The lowest BCUT2D eigenvalue weighted by Gasteiger charge is -2.23. The number of para-hydroxylation sites is 1. The molecule has 0 aliphatic heterocycles. The van der Waals surface area contributed by atoms with Gasteiger partial charge in [0.1, 0.15) is 11.6 Å². The maximum absolute atomic E-state index is 14.0. The molecule has 3 N–H and O–H groups in total. The largest absolute Gasteiger partial charge is 0.399 e. The first-order chi connectivity index (χ1) is 11.4. The van der Waals surface area contributed by atoms with Crippen molar-refractivity contribution >= 4 is 24.0 Å². The predicted molar refractivity (Wildman–Crippen MR) is 98.5 cm³/mol. The van der Waals surface area contributed by atoms with Gasteiger partial charge in [0.15, 0.2) is 0 Å². The van der Waals surface area contributed by atoms with Crippen molar-refractivity contribution in [2.24, 2.45) is 5.92 Å². The van der Waals surface area contributed by atoms with Crippen LogP contribution in [0.5, 0.6) is 0 Å². The van der Waals surface area contributed by atoms with Crippen LogP contribution >= 0.6 is 12.4 Å². The number of rotatable bonds is 6. The van der Waals surface area contributed by atoms with E-state index in [0.29, 0.717) is 17.7 Å². The molecule has 2 aromatic rings. The number of anilines is 1. The van der Waals surface area contributed by atoms with E-state index in [4.69, 9.17) is 5.73 Å². The van der Waals surface area contributed by atoms with E-state index in [9.17, 15) is 13.6 Å². The maximum Gasteiger partial charge on any atom is 0.220 e. The normalized spacial score (nSPS) is 11.7. The third-order valence-corrected chi connectivity index (χ3v) is 3.96. The zero-order valence-corrected chi connectivity index (χ0v) is 15.1. The fourth-order valence-corrected chi connectivity index (χ4v) is 2.61. The van der Waals surface area contributed by atoms with Crippen LogP contribution in [-0.4, -0.2) is 5.91 Å². The van der Waals surface area contributed by atoms with Gasteiger partial charge in [-0.2, -0.15) is 0 Å². The minimum atomic E-state index is -0.652. The number of amides is 1. The summed E-state index contributed by atoms with van der Waals surface area (Å²) in [6.07, 6.45) is 0.759. The van der Waals surface area contributed by atoms with Crippen LogP contribution in [0.3, 0.4) is 0 Å². The minimum absolute atomic E-state index is 0. The molecule has 136 valence electrons. The Morgan fingerprint density at radius 2 is 1.84 bits per heavy atom. The highest BCUT2D eigenvalue weighted by Crippen LogP contribution is 2.25. The standard InChI is InChI=1S/C19H22F2N2O.ClH/c1-12(2)19(15-9-8-14(20)11-16(15)21)23-18(24)10-7-13-5-3-4-6-17(13)22;/h3-6,8-9,11-12,19H,7,10,22H2,1-2H3,(H,23,24);1H. The molecule has 0 heterocycles. The molecule has 6 heteroatoms. The van der Waals surface area contributed by atoms with E-state index in [0.717, 1.165) is 11.6 Å². The van der Waals surface area contributed by atoms with E-state index < -0.39 is 17.7 Å². The lowest BCUT2D eigenvalue weighted by Crippen LogP contribution is -2.32. The number of nitrogens with one attached hydrogen (secondary N) is 1. The first-order valence-corrected chi connectivity index (χ1v) is 7.96. The van der Waals surface area contributed by atoms with Crippen LogP contribution in [0.2, 0.25) is 0 Å². The number of nitrogens with two attached hydrogens (primary N) is 1. The summed E-state index contributed by atoms with van der Waals surface area (Å²) < 4.78 is 27.1. The first-order valence-electron chi connectivity index (χ1n) is 7.96. The number of aryl methyl sites for hydroxylation is 1. The summed E-state index contributed by atoms with van der Waals surface area (Å²) in [6.45, 7) is 3.76. The molecule has 0 fully saturated rings. The number of hydrogen-bond donors (Lipinski definition) is 2. The highest BCUT2D eigenvalue weighted by molar-refractivity contribution is 5.85. The Morgan fingerprint density at radius 3 is 2.44 bits per heavy atom. The Bertz CT molecular complexity index is 722. The summed E-state index contributed by atoms with van der Waals surface area (Å²) >= 11 is 0. The highest BCUT2D eigenvalue weighted by atomic mass is 35.5. The van der Waals surface area contributed by atoms with E-state index in [1.54, 1.807) is 6.07 Å². The second-order valence-corrected chi connectivity index (χ2v) is 6.15. The van der Waals surface area contributed by atoms with E-state index >= 15 is 0 Å². The number of benzene rings is 2. The molecule has 0 bridgehead atoms. The van der Waals surface area contributed by atoms with Gasteiger partial charge in [-0.3, -0.25) is 4.79 Å². The van der Waals surface area contributed by atoms with Crippen molar-refractivity contribution in [1.82, 2.24) is 5.32 Å². The SMILES string of the molecule is CC(C)C(NC(=O)CCc1ccccc1N)c1ccc(F)cc1F.Cl. The molecule has 0 saturated heterocycles. The van der Waals surface area contributed by atoms with Crippen molar-refractivity contribution < 1.29 is 13.6 Å². The van der Waals surface area contributed by atoms with Gasteiger partial charge >= 0.3 is 0 Å². The summed E-state index contributed by atoms with van der Waals surface area (Å²) in [5.41, 5.74) is 7.71. The van der Waals surface area contributed by atoms with Gasteiger partial charge < -0.3 is 11.1 Å². The van der Waals surface area contributed by atoms with E-state index in [1.807, 2.05) is 32.0 Å². The summed E-state index contributed by atoms with van der Waals surface area (Å²) in [5, 5.41) is 2.84. The van der Waals surface area contributed by atoms with Gasteiger partial charge in [0.25, 0.3) is 0 Å². The Hall–Kier alpha value is -2.14. The minimum Gasteiger partial charge on any atom is -0.399 e. The Labute approximate surface area is 153 Å². The highest BCUT2D eigenvalue weighted by Gasteiger charge is 2.21. The van der Waals surface area contributed by atoms with Crippen molar-refractivity contribution in [3.8, 4) is 0 Å². The molecule has 0 aliphatic rings. The Kier molecular flexibility index (Phi) is 7.84. The van der Waals surface area contributed by atoms with Gasteiger partial charge in [0.05, 0.1) is 6.04 Å². The quantitative estimate of drug-likeness (QED) is 0.742. The number of halogens is 3. The third-order valence-electron chi connectivity index (χ3n) is 3.96. The van der Waals surface area contributed by atoms with Crippen molar-refractivity contribution in [2.75, 3.05) is 5.73 Å². The molecule has 0 saturated carbocycles. The van der Waals surface area contributed by atoms with E-state index in [1.165, 1.54) is 12.1 Å². The molecule has 1 unspecified atom stereocenters. The smallest absolute Gasteiger partial charge is 0.220 e. The van der Waals surface area contributed by atoms with Gasteiger partial charge in [-0.1, -0.05) is 38.1 Å². The van der Waals surface area contributed by atoms with Gasteiger partial charge in [0.2, 0.25) is 5.91 Å². The lowest BCUT2D eigenvalue weighted by molar-refractivity contribution is -0.122. The van der Waals surface area contributed by atoms with Crippen LogP contribution in [0, 0.1) is 17.6 Å². The Morgan fingerprint density at radius 1 is 1.16 bits per heavy atom. The third kappa shape index (κ3) is 5.71. The molecule has 1 amide bonds. The summed E-state index contributed by atoms with van der Waals surface area (Å²) in [4.78, 5) is 12.2. The Balaban J connectivity index is 0.00000312. The van der Waals surface area contributed by atoms with Gasteiger partial charge in [-0.25, -0.2) is 8.78 Å². The van der Waals surface area contributed by atoms with Crippen molar-refractivity contribution in [2.45, 2.75) is 32.7 Å². The van der Waals surface area contributed by atoms with Crippen LogP contribution in [0.15, 0.2) is 42.5 Å². The molecular formula is C19H23ClF2N2O. The molecule has 3 nitrogen and oxygen atoms in total. The average Bonchev–Trinajstić information content (AvgIpc) is 2.52. The summed E-state index contributed by atoms with van der Waals surface area (Å²) in [7, 11) is 0. The average molecular weight is 369 g/mol. The molecule has 2 aromatic carbocycles. The van der Waals surface area contributed by atoms with Gasteiger partial charge in [-0.05, 0) is 30.0 Å². The van der Waals surface area contributed by atoms with E-state index in [-0.39, 0.29) is 30.7 Å². The number of carbonyl (C=O) groups is 1. The fraction of sp³-hybridized carbons (Fsp3) is 0.316. The van der Waals surface area contributed by atoms with E-state index in [2.05, 4.69) is 5.32 Å². The molecule has 1 atom stereocenters. The second kappa shape index (κ2) is 9.37. The first kappa shape index (κ1) is 20.9. The predicted octanol–water partition coefficient (Wildman–Crippen LogP) is 4.41. The van der Waals surface area contributed by atoms with Crippen molar-refractivity contribution in [1.29, 1.82) is 0 Å². The number of hydrogen-bond acceptors (Lipinski definition) is 2. The summed E-state index contributed by atoms with van der Waals surface area (Å²) in [6, 6.07) is 10.3. The zero-order chi connectivity index (χ0) is 17.7. The van der Waals surface area contributed by atoms with Crippen LogP contribution in [0.1, 0.15) is 37.4 Å². The monoisotopic (exact) mass is 368 g/mol. The van der Waals surface area contributed by atoms with Crippen molar-refractivity contribution in [3.63, 3.8) is 0 Å². The zero-order valence-electron chi connectivity index (χ0n) is 14.3. The molecule has 0 radical (unpaired) electrons. The molecule has 0 aromatic heterocycles. The van der Waals surface area contributed by atoms with Crippen molar-refractivity contribution in [3.05, 3.63) is 65.2 Å². The summed E-state index contributed by atoms with van der Waals surface area (Å²) in [5.74, 6) is -1.51. The van der Waals surface area contributed by atoms with Gasteiger partial charge in [-0.15, -0.1) is 12.4 Å². The van der Waals surface area contributed by atoms with Crippen LogP contribution < -0.4 is 11.1 Å². The van der Waals surface area contributed by atoms with Crippen LogP contribution in [0.25, 0.3) is 0 Å². The van der Waals surface area contributed by atoms with Crippen LogP contribution in [0.4, 0.5) is 14.5 Å². The molecule has 0 spiro atoms. The number of carbonyl (C=O) groups excluding carboxylic acids is 1. The van der Waals surface area contributed by atoms with Gasteiger partial charge in [0, 0.05) is 23.7 Å². The van der Waals surface area contributed by atoms with Crippen LogP contribution in [-0.2, 0) is 11.2 Å². The maximum atomic E-state index is 14.0. The topological polar surface area (TPSA) is 55.1 Å². The molecule has 0 aliphatic carbocycles. The lowest BCUT2D eigenvalue weighted by atomic mass is 9.95. The second-order valence-electron chi connectivity index (χ2n) is 6.15. The number of nitrogen functional groups attached to an aromatic ring is 1. The fourth-order valence-electron chi connectivity index (χ4n) is 2.61. The molecule has 25 heavy (non-hydrogen) atoms.